The zero-order valence-electron chi connectivity index (χ0n) is 14.0. The first-order chi connectivity index (χ1) is 11.5. The SMILES string of the molecule is COCCCNC(=O)c1cc(Nc2cc(Cl)ccc2C)nc(C)n1. The highest BCUT2D eigenvalue weighted by atomic mass is 35.5. The molecule has 2 rings (SSSR count). The summed E-state index contributed by atoms with van der Waals surface area (Å²) in [5.41, 5.74) is 2.19. The third kappa shape index (κ3) is 5.18. The number of nitrogens with one attached hydrogen (secondary N) is 2. The van der Waals surface area contributed by atoms with Gasteiger partial charge in [-0.15, -0.1) is 0 Å². The van der Waals surface area contributed by atoms with Crippen LogP contribution in [0.1, 0.15) is 28.3 Å². The quantitative estimate of drug-likeness (QED) is 0.751. The fourth-order valence-corrected chi connectivity index (χ4v) is 2.30. The molecule has 0 saturated carbocycles. The van der Waals surface area contributed by atoms with E-state index in [0.29, 0.717) is 35.5 Å². The largest absolute Gasteiger partial charge is 0.385 e. The predicted molar refractivity (Wildman–Crippen MR) is 95.1 cm³/mol. The summed E-state index contributed by atoms with van der Waals surface area (Å²) in [7, 11) is 1.63. The lowest BCUT2D eigenvalue weighted by atomic mass is 10.2. The molecule has 24 heavy (non-hydrogen) atoms. The van der Waals surface area contributed by atoms with E-state index < -0.39 is 0 Å². The highest BCUT2D eigenvalue weighted by molar-refractivity contribution is 6.30. The number of benzene rings is 1. The Bertz CT molecular complexity index is 722. The summed E-state index contributed by atoms with van der Waals surface area (Å²) in [5, 5.41) is 6.63. The summed E-state index contributed by atoms with van der Waals surface area (Å²) >= 11 is 6.03. The maximum atomic E-state index is 12.2. The molecule has 2 aromatic rings. The molecule has 0 aliphatic carbocycles. The summed E-state index contributed by atoms with van der Waals surface area (Å²) in [5.74, 6) is 0.832. The van der Waals surface area contributed by atoms with Crippen molar-refractivity contribution in [1.29, 1.82) is 0 Å². The summed E-state index contributed by atoms with van der Waals surface area (Å²) in [6, 6.07) is 7.19. The Morgan fingerprint density at radius 3 is 2.79 bits per heavy atom. The number of aromatic nitrogens is 2. The number of methoxy groups -OCH3 is 1. The molecule has 7 heteroatoms. The molecule has 0 saturated heterocycles. The van der Waals surface area contributed by atoms with Crippen LogP contribution in [0.5, 0.6) is 0 Å². The van der Waals surface area contributed by atoms with Gasteiger partial charge in [0.2, 0.25) is 0 Å². The molecular formula is C17H21ClN4O2. The average molecular weight is 349 g/mol. The number of hydrogen-bond donors (Lipinski definition) is 2. The first-order valence-corrected chi connectivity index (χ1v) is 8.03. The predicted octanol–water partition coefficient (Wildman–Crippen LogP) is 3.26. The Morgan fingerprint density at radius 2 is 2.04 bits per heavy atom. The van der Waals surface area contributed by atoms with Crippen LogP contribution in [-0.4, -0.2) is 36.1 Å². The Kier molecular flexibility index (Phi) is 6.52. The van der Waals surface area contributed by atoms with E-state index in [1.54, 1.807) is 20.1 Å². The van der Waals surface area contributed by atoms with Crippen LogP contribution in [0.15, 0.2) is 24.3 Å². The normalized spacial score (nSPS) is 10.5. The number of carbonyl (C=O) groups excluding carboxylic acids is 1. The Balaban J connectivity index is 2.13. The van der Waals surface area contributed by atoms with Crippen molar-refractivity contribution in [1.82, 2.24) is 15.3 Å². The molecule has 0 unspecified atom stereocenters. The van der Waals surface area contributed by atoms with Gasteiger partial charge >= 0.3 is 0 Å². The van der Waals surface area contributed by atoms with Crippen molar-refractivity contribution < 1.29 is 9.53 Å². The number of ether oxygens (including phenoxy) is 1. The highest BCUT2D eigenvalue weighted by Crippen LogP contribution is 2.23. The molecule has 1 heterocycles. The molecule has 0 bridgehead atoms. The van der Waals surface area contributed by atoms with Crippen molar-refractivity contribution in [2.24, 2.45) is 0 Å². The van der Waals surface area contributed by atoms with E-state index in [2.05, 4.69) is 20.6 Å². The lowest BCUT2D eigenvalue weighted by Gasteiger charge is -2.11. The Hall–Kier alpha value is -2.18. The van der Waals surface area contributed by atoms with Crippen molar-refractivity contribution in [3.05, 3.63) is 46.4 Å². The number of halogens is 1. The van der Waals surface area contributed by atoms with Crippen molar-refractivity contribution in [3.63, 3.8) is 0 Å². The van der Waals surface area contributed by atoms with E-state index in [4.69, 9.17) is 16.3 Å². The van der Waals surface area contributed by atoms with E-state index in [1.165, 1.54) is 0 Å². The molecule has 128 valence electrons. The number of aryl methyl sites for hydroxylation is 2. The van der Waals surface area contributed by atoms with Crippen LogP contribution >= 0.6 is 11.6 Å². The minimum atomic E-state index is -0.234. The monoisotopic (exact) mass is 348 g/mol. The second kappa shape index (κ2) is 8.61. The van der Waals surface area contributed by atoms with Gasteiger partial charge in [-0.3, -0.25) is 4.79 Å². The third-order valence-electron chi connectivity index (χ3n) is 3.34. The zero-order valence-corrected chi connectivity index (χ0v) is 14.8. The van der Waals surface area contributed by atoms with E-state index in [1.807, 2.05) is 25.1 Å². The number of anilines is 2. The van der Waals surface area contributed by atoms with Crippen molar-refractivity contribution >= 4 is 29.0 Å². The van der Waals surface area contributed by atoms with Crippen LogP contribution in [0.4, 0.5) is 11.5 Å². The smallest absolute Gasteiger partial charge is 0.270 e. The molecular weight excluding hydrogens is 328 g/mol. The maximum absolute atomic E-state index is 12.2. The number of rotatable bonds is 7. The first kappa shape index (κ1) is 18.2. The van der Waals surface area contributed by atoms with Gasteiger partial charge in [-0.2, -0.15) is 0 Å². The van der Waals surface area contributed by atoms with Gasteiger partial charge in [0, 0.05) is 37.0 Å². The van der Waals surface area contributed by atoms with Crippen LogP contribution < -0.4 is 10.6 Å². The summed E-state index contributed by atoms with van der Waals surface area (Å²) in [4.78, 5) is 20.7. The molecule has 0 radical (unpaired) electrons. The second-order valence-corrected chi connectivity index (χ2v) is 5.81. The fraction of sp³-hybridized carbons (Fsp3) is 0.353. The Labute approximate surface area is 146 Å². The van der Waals surface area contributed by atoms with Gasteiger partial charge in [0.15, 0.2) is 0 Å². The van der Waals surface area contributed by atoms with Crippen LogP contribution in [0.25, 0.3) is 0 Å². The Morgan fingerprint density at radius 1 is 1.25 bits per heavy atom. The topological polar surface area (TPSA) is 76.1 Å². The van der Waals surface area contributed by atoms with Crippen molar-refractivity contribution in [2.45, 2.75) is 20.3 Å². The molecule has 6 nitrogen and oxygen atoms in total. The zero-order chi connectivity index (χ0) is 17.5. The van der Waals surface area contributed by atoms with Gasteiger partial charge in [0.05, 0.1) is 0 Å². The van der Waals surface area contributed by atoms with Gasteiger partial charge < -0.3 is 15.4 Å². The molecule has 0 aliphatic heterocycles. The summed E-state index contributed by atoms with van der Waals surface area (Å²) < 4.78 is 4.96. The van der Waals surface area contributed by atoms with E-state index in [-0.39, 0.29) is 5.91 Å². The van der Waals surface area contributed by atoms with Gasteiger partial charge in [0.25, 0.3) is 5.91 Å². The van der Waals surface area contributed by atoms with Crippen LogP contribution in [-0.2, 0) is 4.74 Å². The third-order valence-corrected chi connectivity index (χ3v) is 3.58. The number of hydrogen-bond acceptors (Lipinski definition) is 5. The average Bonchev–Trinajstić information content (AvgIpc) is 2.54. The number of amides is 1. The molecule has 0 aliphatic rings. The fourth-order valence-electron chi connectivity index (χ4n) is 2.12. The van der Waals surface area contributed by atoms with E-state index in [0.717, 1.165) is 17.7 Å². The minimum Gasteiger partial charge on any atom is -0.385 e. The molecule has 0 atom stereocenters. The maximum Gasteiger partial charge on any atom is 0.270 e. The van der Waals surface area contributed by atoms with Gasteiger partial charge in [-0.05, 0) is 38.0 Å². The van der Waals surface area contributed by atoms with Gasteiger partial charge in [-0.25, -0.2) is 9.97 Å². The summed E-state index contributed by atoms with van der Waals surface area (Å²) in [6.45, 7) is 4.85. The van der Waals surface area contributed by atoms with Crippen LogP contribution in [0.2, 0.25) is 5.02 Å². The molecule has 1 aromatic heterocycles. The van der Waals surface area contributed by atoms with Crippen LogP contribution in [0, 0.1) is 13.8 Å². The van der Waals surface area contributed by atoms with Gasteiger partial charge in [-0.1, -0.05) is 17.7 Å². The van der Waals surface area contributed by atoms with E-state index >= 15 is 0 Å². The molecule has 1 amide bonds. The number of carbonyl (C=O) groups is 1. The van der Waals surface area contributed by atoms with Crippen LogP contribution in [0.3, 0.4) is 0 Å². The molecule has 0 spiro atoms. The van der Waals surface area contributed by atoms with Crippen molar-refractivity contribution in [3.8, 4) is 0 Å². The van der Waals surface area contributed by atoms with Gasteiger partial charge in [0.1, 0.15) is 17.3 Å². The lowest BCUT2D eigenvalue weighted by molar-refractivity contribution is 0.0943. The lowest BCUT2D eigenvalue weighted by Crippen LogP contribution is -2.26. The van der Waals surface area contributed by atoms with Crippen molar-refractivity contribution in [2.75, 3.05) is 25.6 Å². The second-order valence-electron chi connectivity index (χ2n) is 5.37. The molecule has 1 aromatic carbocycles. The summed E-state index contributed by atoms with van der Waals surface area (Å²) in [6.07, 6.45) is 0.749. The number of nitrogens with zero attached hydrogens (tertiary/aromatic N) is 2. The minimum absolute atomic E-state index is 0.234. The standard InChI is InChI=1S/C17H21ClN4O2/c1-11-5-6-13(18)9-14(11)22-16-10-15(20-12(2)21-16)17(23)19-7-4-8-24-3/h5-6,9-10H,4,7-8H2,1-3H3,(H,19,23)(H,20,21,22). The molecule has 0 fully saturated rings. The van der Waals surface area contributed by atoms with E-state index in [9.17, 15) is 4.79 Å². The first-order valence-electron chi connectivity index (χ1n) is 7.65. The molecule has 2 N–H and O–H groups in total. The highest BCUT2D eigenvalue weighted by Gasteiger charge is 2.11.